The van der Waals surface area contributed by atoms with Gasteiger partial charge >= 0.3 is 0 Å². The number of rotatable bonds is 5. The van der Waals surface area contributed by atoms with Gasteiger partial charge in [0.05, 0.1) is 13.8 Å². The first-order valence-electron chi connectivity index (χ1n) is 9.15. The Morgan fingerprint density at radius 3 is 2.12 bits per heavy atom. The molecule has 0 spiro atoms. The normalized spacial score (nSPS) is 11.5. The number of pyridine rings is 1. The van der Waals surface area contributed by atoms with E-state index in [0.29, 0.717) is 0 Å². The largest absolute Gasteiger partial charge is 0.256 e. The van der Waals surface area contributed by atoms with E-state index in [9.17, 15) is 0 Å². The number of nitrogens with zero attached hydrogens (tertiary/aromatic N) is 1. The molecule has 1 aromatic heterocycles. The van der Waals surface area contributed by atoms with Gasteiger partial charge in [-0.1, -0.05) is 87.6 Å². The van der Waals surface area contributed by atoms with E-state index in [1.54, 1.807) is 0 Å². The van der Waals surface area contributed by atoms with Gasteiger partial charge in [-0.25, -0.2) is 0 Å². The molecule has 0 atom stereocenters. The van der Waals surface area contributed by atoms with Crippen molar-refractivity contribution < 1.29 is 0 Å². The highest BCUT2D eigenvalue weighted by Gasteiger charge is 2.21. The van der Waals surface area contributed by atoms with E-state index in [1.165, 1.54) is 33.9 Å². The Morgan fingerprint density at radius 2 is 1.48 bits per heavy atom. The molecule has 3 aromatic rings. The Labute approximate surface area is 152 Å². The molecular weight excluding hydrogens is 318 g/mol. The van der Waals surface area contributed by atoms with Gasteiger partial charge in [-0.05, 0) is 34.4 Å². The Morgan fingerprint density at radius 1 is 0.840 bits per heavy atom. The van der Waals surface area contributed by atoms with Crippen LogP contribution in [0.2, 0.25) is 19.6 Å². The highest BCUT2D eigenvalue weighted by atomic mass is 28.3. The quantitative estimate of drug-likeness (QED) is 0.524. The van der Waals surface area contributed by atoms with Crippen LogP contribution in [-0.4, -0.2) is 13.1 Å². The first kappa shape index (κ1) is 17.6. The van der Waals surface area contributed by atoms with E-state index in [2.05, 4.69) is 93.4 Å². The molecule has 3 rings (SSSR count). The summed E-state index contributed by atoms with van der Waals surface area (Å²) in [6, 6.07) is 21.5. The first-order chi connectivity index (χ1) is 12.0. The van der Waals surface area contributed by atoms with E-state index in [1.807, 2.05) is 0 Å². The maximum atomic E-state index is 4.88. The highest BCUT2D eigenvalue weighted by Crippen LogP contribution is 2.31. The van der Waals surface area contributed by atoms with Crippen LogP contribution in [-0.2, 0) is 6.42 Å². The topological polar surface area (TPSA) is 12.9 Å². The molecule has 2 aromatic carbocycles. The van der Waals surface area contributed by atoms with Gasteiger partial charge in [-0.15, -0.1) is 0 Å². The Kier molecular flexibility index (Phi) is 5.19. The molecule has 0 amide bonds. The van der Waals surface area contributed by atoms with Gasteiger partial charge in [0, 0.05) is 11.8 Å². The summed E-state index contributed by atoms with van der Waals surface area (Å²) in [5, 5.41) is 1.50. The fourth-order valence-electron chi connectivity index (χ4n) is 3.37. The van der Waals surface area contributed by atoms with Gasteiger partial charge in [0.25, 0.3) is 0 Å². The second-order valence-electron chi connectivity index (χ2n) is 7.64. The third-order valence-corrected chi connectivity index (χ3v) is 6.67. The minimum Gasteiger partial charge on any atom is -0.256 e. The van der Waals surface area contributed by atoms with Crippen molar-refractivity contribution in [1.82, 2.24) is 4.98 Å². The maximum Gasteiger partial charge on any atom is 0.0799 e. The molecule has 0 fully saturated rings. The van der Waals surface area contributed by atoms with Crippen LogP contribution in [0.1, 0.15) is 18.9 Å². The molecule has 0 aliphatic heterocycles. The molecule has 128 valence electrons. The van der Waals surface area contributed by atoms with Crippen molar-refractivity contribution in [1.29, 1.82) is 0 Å². The summed E-state index contributed by atoms with van der Waals surface area (Å²) in [4.78, 5) is 4.88. The third-order valence-electron chi connectivity index (χ3n) is 4.60. The molecule has 1 nitrogen and oxygen atoms in total. The smallest absolute Gasteiger partial charge is 0.0799 e. The van der Waals surface area contributed by atoms with Crippen LogP contribution in [0.5, 0.6) is 0 Å². The van der Waals surface area contributed by atoms with E-state index in [-0.39, 0.29) is 0 Å². The van der Waals surface area contributed by atoms with E-state index >= 15 is 0 Å². The molecule has 0 radical (unpaired) electrons. The molecule has 1 heterocycles. The lowest BCUT2D eigenvalue weighted by Gasteiger charge is -2.21. The van der Waals surface area contributed by atoms with Crippen molar-refractivity contribution in [2.24, 2.45) is 0 Å². The van der Waals surface area contributed by atoms with Gasteiger partial charge in [0.15, 0.2) is 0 Å². The standard InChI is InChI=1S/C23H27NSi/c1-5-11-19-16-22(24-17-23(19)25(2,3)4)21-15-10-9-14-20(21)18-12-7-6-8-13-18/h6-10,12-17H,5,11H2,1-4H3. The first-order valence-corrected chi connectivity index (χ1v) is 12.6. The van der Waals surface area contributed by atoms with Gasteiger partial charge in [-0.2, -0.15) is 0 Å². The predicted octanol–water partition coefficient (Wildman–Crippen LogP) is 5.91. The van der Waals surface area contributed by atoms with Crippen molar-refractivity contribution in [2.45, 2.75) is 39.4 Å². The minimum atomic E-state index is -1.38. The second-order valence-corrected chi connectivity index (χ2v) is 12.7. The number of aryl methyl sites for hydroxylation is 1. The Balaban J connectivity index is 2.14. The van der Waals surface area contributed by atoms with Gasteiger partial charge < -0.3 is 0 Å². The Hall–Kier alpha value is -2.19. The number of aromatic nitrogens is 1. The van der Waals surface area contributed by atoms with Crippen LogP contribution in [0.25, 0.3) is 22.4 Å². The summed E-state index contributed by atoms with van der Waals surface area (Å²) in [6.07, 6.45) is 4.44. The molecule has 0 unspecified atom stereocenters. The van der Waals surface area contributed by atoms with Crippen LogP contribution in [0.4, 0.5) is 0 Å². The van der Waals surface area contributed by atoms with Crippen molar-refractivity contribution >= 4 is 13.3 Å². The van der Waals surface area contributed by atoms with Crippen LogP contribution in [0.15, 0.2) is 66.9 Å². The van der Waals surface area contributed by atoms with E-state index in [4.69, 9.17) is 4.98 Å². The lowest BCUT2D eigenvalue weighted by Crippen LogP contribution is -2.40. The van der Waals surface area contributed by atoms with Crippen LogP contribution in [0, 0.1) is 0 Å². The molecule has 0 aliphatic carbocycles. The number of hydrogen-bond donors (Lipinski definition) is 0. The van der Waals surface area contributed by atoms with Gasteiger partial charge in [0.1, 0.15) is 0 Å². The summed E-state index contributed by atoms with van der Waals surface area (Å²) < 4.78 is 0. The van der Waals surface area contributed by atoms with Crippen molar-refractivity contribution in [3.63, 3.8) is 0 Å². The average Bonchev–Trinajstić information content (AvgIpc) is 2.62. The van der Waals surface area contributed by atoms with Gasteiger partial charge in [-0.3, -0.25) is 4.98 Å². The molecule has 0 N–H and O–H groups in total. The fourth-order valence-corrected chi connectivity index (χ4v) is 4.98. The molecule has 25 heavy (non-hydrogen) atoms. The molecule has 0 saturated heterocycles. The second kappa shape index (κ2) is 7.36. The van der Waals surface area contributed by atoms with E-state index < -0.39 is 8.07 Å². The minimum absolute atomic E-state index is 1.09. The van der Waals surface area contributed by atoms with Gasteiger partial charge in [0.2, 0.25) is 0 Å². The molecule has 0 saturated carbocycles. The lowest BCUT2D eigenvalue weighted by molar-refractivity contribution is 0.924. The summed E-state index contributed by atoms with van der Waals surface area (Å²) in [5.74, 6) is 0. The maximum absolute atomic E-state index is 4.88. The summed E-state index contributed by atoms with van der Waals surface area (Å²) in [5.41, 5.74) is 6.28. The van der Waals surface area contributed by atoms with E-state index in [0.717, 1.165) is 12.1 Å². The van der Waals surface area contributed by atoms with Crippen LogP contribution >= 0.6 is 0 Å². The van der Waals surface area contributed by atoms with Crippen LogP contribution < -0.4 is 5.19 Å². The summed E-state index contributed by atoms with van der Waals surface area (Å²) >= 11 is 0. The molecule has 0 aliphatic rings. The summed E-state index contributed by atoms with van der Waals surface area (Å²) in [6.45, 7) is 9.47. The molecule has 2 heteroatoms. The molecular formula is C23H27NSi. The summed E-state index contributed by atoms with van der Waals surface area (Å²) in [7, 11) is -1.38. The zero-order valence-corrected chi connectivity index (χ0v) is 16.7. The molecule has 0 bridgehead atoms. The highest BCUT2D eigenvalue weighted by molar-refractivity contribution is 6.89. The van der Waals surface area contributed by atoms with Crippen molar-refractivity contribution in [3.05, 3.63) is 72.4 Å². The fraction of sp³-hybridized carbons (Fsp3) is 0.261. The monoisotopic (exact) mass is 345 g/mol. The van der Waals surface area contributed by atoms with Crippen molar-refractivity contribution in [3.8, 4) is 22.4 Å². The SMILES string of the molecule is CCCc1cc(-c2ccccc2-c2ccccc2)ncc1[Si](C)(C)C. The Bertz CT molecular complexity index is 847. The number of hydrogen-bond acceptors (Lipinski definition) is 1. The zero-order valence-electron chi connectivity index (χ0n) is 15.7. The average molecular weight is 346 g/mol. The van der Waals surface area contributed by atoms with Crippen LogP contribution in [0.3, 0.4) is 0 Å². The number of benzene rings is 2. The van der Waals surface area contributed by atoms with Crippen molar-refractivity contribution in [2.75, 3.05) is 0 Å². The predicted molar refractivity (Wildman–Crippen MR) is 112 cm³/mol. The zero-order chi connectivity index (χ0) is 17.9. The third kappa shape index (κ3) is 3.90. The lowest BCUT2D eigenvalue weighted by atomic mass is 9.96.